The van der Waals surface area contributed by atoms with E-state index >= 15 is 0 Å². The van der Waals surface area contributed by atoms with Gasteiger partial charge in [0.05, 0.1) is 0 Å². The second-order valence-electron chi connectivity index (χ2n) is 11.0. The van der Waals surface area contributed by atoms with Gasteiger partial charge < -0.3 is 34.9 Å². The maximum atomic E-state index is 13.3. The summed E-state index contributed by atoms with van der Waals surface area (Å²) in [6, 6.07) is 15.6. The number of hydrogen-bond acceptors (Lipinski definition) is 9. The highest BCUT2D eigenvalue weighted by Crippen LogP contribution is 2.11. The van der Waals surface area contributed by atoms with E-state index in [4.69, 9.17) is 30.5 Å². The van der Waals surface area contributed by atoms with Crippen molar-refractivity contribution in [1.82, 2.24) is 16.0 Å². The van der Waals surface area contributed by atoms with Crippen LogP contribution >= 0.6 is 11.6 Å². The first-order valence-corrected chi connectivity index (χ1v) is 15.2. The highest BCUT2D eigenvalue weighted by atomic mass is 35.5. The van der Waals surface area contributed by atoms with E-state index in [0.29, 0.717) is 12.8 Å². The van der Waals surface area contributed by atoms with E-state index < -0.39 is 53.8 Å². The molecule has 0 aliphatic carbocycles. The lowest BCUT2D eigenvalue weighted by atomic mass is 10.1. The van der Waals surface area contributed by atoms with Gasteiger partial charge in [-0.15, -0.1) is 0 Å². The topological polar surface area (TPSA) is 158 Å². The SMILES string of the molecule is CC(C)(C)OC(=O)N[C@@H](CCC(=O)OCc1ccccc1)C(=O)N[C@@H](CCCCNC(=O)OCc1ccccc1)C(=O)OCCl. The van der Waals surface area contributed by atoms with Crippen LogP contribution in [0.4, 0.5) is 9.59 Å². The van der Waals surface area contributed by atoms with Crippen LogP contribution in [0.3, 0.4) is 0 Å². The Morgan fingerprint density at radius 2 is 1.33 bits per heavy atom. The Hall–Kier alpha value is -4.32. The van der Waals surface area contributed by atoms with E-state index in [1.165, 1.54) is 0 Å². The fourth-order valence-electron chi connectivity index (χ4n) is 3.90. The molecular formula is C32H42ClN3O9. The molecule has 3 amide bonds. The number of amides is 3. The van der Waals surface area contributed by atoms with Gasteiger partial charge in [-0.05, 0) is 57.6 Å². The van der Waals surface area contributed by atoms with Gasteiger partial charge in [-0.25, -0.2) is 14.4 Å². The predicted octanol–water partition coefficient (Wildman–Crippen LogP) is 4.72. The first-order valence-electron chi connectivity index (χ1n) is 14.6. The number of alkyl carbamates (subject to hydrolysis) is 2. The zero-order chi connectivity index (χ0) is 33.1. The molecule has 3 N–H and O–H groups in total. The third-order valence-electron chi connectivity index (χ3n) is 6.09. The van der Waals surface area contributed by atoms with Crippen molar-refractivity contribution in [2.75, 3.05) is 12.6 Å². The number of halogens is 1. The van der Waals surface area contributed by atoms with Crippen molar-refractivity contribution < 1.29 is 42.9 Å². The summed E-state index contributed by atoms with van der Waals surface area (Å²) in [7, 11) is 0. The molecule has 246 valence electrons. The molecule has 0 bridgehead atoms. The summed E-state index contributed by atoms with van der Waals surface area (Å²) >= 11 is 5.58. The van der Waals surface area contributed by atoms with Gasteiger partial charge in [0.15, 0.2) is 6.07 Å². The van der Waals surface area contributed by atoms with E-state index in [-0.39, 0.29) is 39.0 Å². The Bertz CT molecular complexity index is 1220. The summed E-state index contributed by atoms with van der Waals surface area (Å²) in [6.45, 7) is 5.46. The summed E-state index contributed by atoms with van der Waals surface area (Å²) in [6.07, 6.45) is -0.728. The molecule has 0 saturated carbocycles. The number of nitrogens with one attached hydrogen (secondary N) is 3. The molecule has 0 fully saturated rings. The zero-order valence-corrected chi connectivity index (χ0v) is 26.6. The van der Waals surface area contributed by atoms with Gasteiger partial charge in [-0.1, -0.05) is 72.3 Å². The molecule has 0 saturated heterocycles. The fourth-order valence-corrected chi connectivity index (χ4v) is 4.01. The molecule has 0 heterocycles. The Morgan fingerprint density at radius 3 is 1.91 bits per heavy atom. The van der Waals surface area contributed by atoms with Crippen molar-refractivity contribution in [3.63, 3.8) is 0 Å². The lowest BCUT2D eigenvalue weighted by Crippen LogP contribution is -2.52. The summed E-state index contributed by atoms with van der Waals surface area (Å²) in [5, 5.41) is 7.69. The third-order valence-corrected chi connectivity index (χ3v) is 6.20. The monoisotopic (exact) mass is 647 g/mol. The van der Waals surface area contributed by atoms with Gasteiger partial charge in [0.25, 0.3) is 0 Å². The van der Waals surface area contributed by atoms with E-state index in [1.54, 1.807) is 32.9 Å². The van der Waals surface area contributed by atoms with Crippen LogP contribution in [0.2, 0.25) is 0 Å². The second-order valence-corrected chi connectivity index (χ2v) is 11.2. The van der Waals surface area contributed by atoms with Crippen molar-refractivity contribution in [3.8, 4) is 0 Å². The van der Waals surface area contributed by atoms with Crippen LogP contribution in [0.1, 0.15) is 64.0 Å². The van der Waals surface area contributed by atoms with Gasteiger partial charge in [0.1, 0.15) is 30.9 Å². The number of ether oxygens (including phenoxy) is 4. The largest absolute Gasteiger partial charge is 0.461 e. The summed E-state index contributed by atoms with van der Waals surface area (Å²) in [5.41, 5.74) is 0.813. The van der Waals surface area contributed by atoms with Crippen LogP contribution in [0.15, 0.2) is 60.7 Å². The minimum atomic E-state index is -1.23. The van der Waals surface area contributed by atoms with Crippen LogP contribution in [0, 0.1) is 0 Å². The maximum absolute atomic E-state index is 13.3. The molecular weight excluding hydrogens is 606 g/mol. The number of benzene rings is 2. The first kappa shape index (κ1) is 36.9. The summed E-state index contributed by atoms with van der Waals surface area (Å²) in [5.74, 6) is -2.07. The summed E-state index contributed by atoms with van der Waals surface area (Å²) in [4.78, 5) is 62.7. The quantitative estimate of drug-likeness (QED) is 0.0955. The molecule has 2 aromatic rings. The Balaban J connectivity index is 1.92. The molecule has 45 heavy (non-hydrogen) atoms. The molecule has 12 nitrogen and oxygen atoms in total. The van der Waals surface area contributed by atoms with Crippen molar-refractivity contribution in [2.24, 2.45) is 0 Å². The number of hydrogen-bond donors (Lipinski definition) is 3. The lowest BCUT2D eigenvalue weighted by molar-refractivity contribution is -0.147. The van der Waals surface area contributed by atoms with Crippen molar-refractivity contribution in [3.05, 3.63) is 71.8 Å². The van der Waals surface area contributed by atoms with Gasteiger partial charge in [-0.3, -0.25) is 9.59 Å². The summed E-state index contributed by atoms with van der Waals surface area (Å²) < 4.78 is 20.6. The van der Waals surface area contributed by atoms with Crippen molar-refractivity contribution in [1.29, 1.82) is 0 Å². The normalized spacial score (nSPS) is 12.2. The van der Waals surface area contributed by atoms with Crippen LogP contribution in [-0.4, -0.2) is 60.3 Å². The first-order chi connectivity index (χ1) is 21.5. The molecule has 13 heteroatoms. The molecule has 0 unspecified atom stereocenters. The Kier molecular flexibility index (Phi) is 16.3. The molecule has 2 aromatic carbocycles. The van der Waals surface area contributed by atoms with Crippen LogP contribution < -0.4 is 16.0 Å². The van der Waals surface area contributed by atoms with Crippen LogP contribution in [-0.2, 0) is 46.5 Å². The minimum absolute atomic E-state index is 0.0575. The number of carbonyl (C=O) groups excluding carboxylic acids is 5. The third kappa shape index (κ3) is 16.4. The molecule has 0 aromatic heterocycles. The number of esters is 2. The highest BCUT2D eigenvalue weighted by molar-refractivity contribution is 6.17. The predicted molar refractivity (Wildman–Crippen MR) is 166 cm³/mol. The molecule has 0 aliphatic heterocycles. The number of alkyl halides is 1. The van der Waals surface area contributed by atoms with E-state index in [0.717, 1.165) is 11.1 Å². The molecule has 0 aliphatic rings. The zero-order valence-electron chi connectivity index (χ0n) is 25.8. The van der Waals surface area contributed by atoms with Crippen molar-refractivity contribution in [2.45, 2.75) is 83.8 Å². The van der Waals surface area contributed by atoms with Gasteiger partial charge in [0, 0.05) is 13.0 Å². The average Bonchev–Trinajstić information content (AvgIpc) is 3.00. The van der Waals surface area contributed by atoms with Gasteiger partial charge >= 0.3 is 24.1 Å². The van der Waals surface area contributed by atoms with E-state index in [9.17, 15) is 24.0 Å². The van der Waals surface area contributed by atoms with Crippen LogP contribution in [0.25, 0.3) is 0 Å². The smallest absolute Gasteiger partial charge is 0.408 e. The van der Waals surface area contributed by atoms with Crippen molar-refractivity contribution >= 4 is 41.6 Å². The fraction of sp³-hybridized carbons (Fsp3) is 0.469. The second kappa shape index (κ2) is 19.9. The standard InChI is InChI=1S/C32H42ClN3O9/c1-32(2,3)45-31(41)36-25(17-18-27(37)42-20-23-12-6-4-7-13-23)28(38)35-26(29(39)44-22-33)16-10-11-19-34-30(40)43-21-24-14-8-5-9-15-24/h4-9,12-15,25-26H,10-11,16-22H2,1-3H3,(H,34,40)(H,35,38)(H,36,41)/t25-,26-/m0/s1. The highest BCUT2D eigenvalue weighted by Gasteiger charge is 2.29. The van der Waals surface area contributed by atoms with Crippen LogP contribution in [0.5, 0.6) is 0 Å². The molecule has 0 spiro atoms. The molecule has 2 rings (SSSR count). The minimum Gasteiger partial charge on any atom is -0.461 e. The number of unbranched alkanes of at least 4 members (excludes halogenated alkanes) is 1. The molecule has 0 radical (unpaired) electrons. The van der Waals surface area contributed by atoms with E-state index in [2.05, 4.69) is 16.0 Å². The van der Waals surface area contributed by atoms with Gasteiger partial charge in [-0.2, -0.15) is 0 Å². The van der Waals surface area contributed by atoms with E-state index in [1.807, 2.05) is 48.5 Å². The Labute approximate surface area is 268 Å². The molecule has 2 atom stereocenters. The number of carbonyl (C=O) groups is 5. The average molecular weight is 648 g/mol. The number of rotatable bonds is 17. The maximum Gasteiger partial charge on any atom is 0.408 e. The Morgan fingerprint density at radius 1 is 0.733 bits per heavy atom. The lowest BCUT2D eigenvalue weighted by Gasteiger charge is -2.25. The van der Waals surface area contributed by atoms with Gasteiger partial charge in [0.2, 0.25) is 5.91 Å².